The van der Waals surface area contributed by atoms with E-state index in [-0.39, 0.29) is 6.04 Å². The molecule has 0 saturated heterocycles. The fraction of sp³-hybridized carbons (Fsp3) is 0.200. The Hall–Kier alpha value is -2.00. The molecule has 18 heavy (non-hydrogen) atoms. The quantitative estimate of drug-likeness (QED) is 0.718. The van der Waals surface area contributed by atoms with Crippen molar-refractivity contribution in [2.24, 2.45) is 0 Å². The van der Waals surface area contributed by atoms with Crippen LogP contribution in [0.25, 0.3) is 0 Å². The monoisotopic (exact) mass is 241 g/mol. The summed E-state index contributed by atoms with van der Waals surface area (Å²) in [6.45, 7) is 0.843. The number of phenols is 2. The van der Waals surface area contributed by atoms with Crippen LogP contribution >= 0.6 is 0 Å². The maximum Gasteiger partial charge on any atom is 0.120 e. The van der Waals surface area contributed by atoms with Gasteiger partial charge in [0.15, 0.2) is 0 Å². The first-order valence-corrected chi connectivity index (χ1v) is 6.09. The Balaban J connectivity index is 2.09. The molecule has 0 saturated carbocycles. The van der Waals surface area contributed by atoms with Crippen LogP contribution in [-0.4, -0.2) is 16.8 Å². The van der Waals surface area contributed by atoms with Gasteiger partial charge in [-0.25, -0.2) is 0 Å². The average molecular weight is 241 g/mol. The zero-order valence-electron chi connectivity index (χ0n) is 9.93. The normalized spacial score (nSPS) is 18.3. The second kappa shape index (κ2) is 4.35. The van der Waals surface area contributed by atoms with E-state index in [2.05, 4.69) is 5.32 Å². The number of benzene rings is 2. The summed E-state index contributed by atoms with van der Waals surface area (Å²) in [5.74, 6) is 0.600. The summed E-state index contributed by atoms with van der Waals surface area (Å²) in [7, 11) is 0. The van der Waals surface area contributed by atoms with Gasteiger partial charge in [0.1, 0.15) is 11.5 Å². The number of hydrogen-bond donors (Lipinski definition) is 3. The molecular formula is C15H15NO2. The Morgan fingerprint density at radius 2 is 1.83 bits per heavy atom. The van der Waals surface area contributed by atoms with Crippen molar-refractivity contribution in [3.8, 4) is 11.5 Å². The van der Waals surface area contributed by atoms with Gasteiger partial charge >= 0.3 is 0 Å². The van der Waals surface area contributed by atoms with Crippen molar-refractivity contribution in [1.29, 1.82) is 0 Å². The minimum absolute atomic E-state index is 0.00412. The van der Waals surface area contributed by atoms with Crippen molar-refractivity contribution in [1.82, 2.24) is 5.32 Å². The molecule has 0 aromatic heterocycles. The van der Waals surface area contributed by atoms with Crippen molar-refractivity contribution in [2.45, 2.75) is 12.5 Å². The van der Waals surface area contributed by atoms with E-state index < -0.39 is 0 Å². The summed E-state index contributed by atoms with van der Waals surface area (Å²) in [6.07, 6.45) is 0.897. The first-order valence-electron chi connectivity index (χ1n) is 6.09. The number of fused-ring (bicyclic) bond motifs is 1. The highest BCUT2D eigenvalue weighted by atomic mass is 16.3. The van der Waals surface area contributed by atoms with Gasteiger partial charge in [0, 0.05) is 12.1 Å². The number of phenolic OH excluding ortho intramolecular Hbond substituents is 2. The Kier molecular flexibility index (Phi) is 2.68. The molecule has 1 heterocycles. The van der Waals surface area contributed by atoms with Crippen molar-refractivity contribution in [3.63, 3.8) is 0 Å². The summed E-state index contributed by atoms with van der Waals surface area (Å²) >= 11 is 0. The van der Waals surface area contributed by atoms with Gasteiger partial charge in [0.2, 0.25) is 0 Å². The number of rotatable bonds is 1. The van der Waals surface area contributed by atoms with Crippen LogP contribution in [0.5, 0.6) is 11.5 Å². The van der Waals surface area contributed by atoms with E-state index in [0.29, 0.717) is 11.5 Å². The second-order valence-electron chi connectivity index (χ2n) is 4.58. The molecule has 3 rings (SSSR count). The third kappa shape index (κ3) is 1.83. The largest absolute Gasteiger partial charge is 0.508 e. The van der Waals surface area contributed by atoms with Crippen molar-refractivity contribution < 1.29 is 10.2 Å². The standard InChI is InChI=1S/C15H15NO2/c17-11-5-6-12-10(9-11)7-8-16-15(12)13-3-1-2-4-14(13)18/h1-6,9,15-18H,7-8H2. The fourth-order valence-corrected chi connectivity index (χ4v) is 2.56. The minimum Gasteiger partial charge on any atom is -0.508 e. The third-order valence-electron chi connectivity index (χ3n) is 3.43. The molecule has 0 spiro atoms. The van der Waals surface area contributed by atoms with Crippen LogP contribution in [0.15, 0.2) is 42.5 Å². The molecule has 0 fully saturated rings. The molecule has 0 radical (unpaired) electrons. The molecular weight excluding hydrogens is 226 g/mol. The van der Waals surface area contributed by atoms with Gasteiger partial charge in [-0.05, 0) is 35.7 Å². The lowest BCUT2D eigenvalue weighted by atomic mass is 9.89. The molecule has 3 heteroatoms. The maximum atomic E-state index is 9.95. The predicted molar refractivity (Wildman–Crippen MR) is 69.8 cm³/mol. The summed E-state index contributed by atoms with van der Waals surface area (Å²) in [5.41, 5.74) is 3.15. The maximum absolute atomic E-state index is 9.95. The lowest BCUT2D eigenvalue weighted by Crippen LogP contribution is -2.30. The molecule has 1 aliphatic heterocycles. The minimum atomic E-state index is -0.00412. The van der Waals surface area contributed by atoms with E-state index in [0.717, 1.165) is 29.7 Å². The van der Waals surface area contributed by atoms with Gasteiger partial charge in [-0.2, -0.15) is 0 Å². The zero-order chi connectivity index (χ0) is 12.5. The van der Waals surface area contributed by atoms with Crippen LogP contribution in [0, 0.1) is 0 Å². The van der Waals surface area contributed by atoms with Crippen molar-refractivity contribution in [3.05, 3.63) is 59.2 Å². The van der Waals surface area contributed by atoms with Crippen LogP contribution in [-0.2, 0) is 6.42 Å². The van der Waals surface area contributed by atoms with Gasteiger partial charge < -0.3 is 15.5 Å². The molecule has 3 N–H and O–H groups in total. The Morgan fingerprint density at radius 1 is 1.00 bits per heavy atom. The fourth-order valence-electron chi connectivity index (χ4n) is 2.56. The zero-order valence-corrected chi connectivity index (χ0v) is 9.93. The van der Waals surface area contributed by atoms with E-state index in [1.165, 1.54) is 0 Å². The molecule has 1 aliphatic rings. The summed E-state index contributed by atoms with van der Waals surface area (Å²) < 4.78 is 0. The van der Waals surface area contributed by atoms with Crippen LogP contribution < -0.4 is 5.32 Å². The third-order valence-corrected chi connectivity index (χ3v) is 3.43. The Bertz CT molecular complexity index is 580. The molecule has 1 atom stereocenters. The van der Waals surface area contributed by atoms with Gasteiger partial charge in [-0.15, -0.1) is 0 Å². The van der Waals surface area contributed by atoms with E-state index in [9.17, 15) is 10.2 Å². The van der Waals surface area contributed by atoms with Crippen LogP contribution in [0.3, 0.4) is 0 Å². The summed E-state index contributed by atoms with van der Waals surface area (Å²) in [5, 5.41) is 22.9. The highest BCUT2D eigenvalue weighted by Gasteiger charge is 2.23. The SMILES string of the molecule is Oc1ccc2c(c1)CCNC2c1ccccc1O. The summed E-state index contributed by atoms with van der Waals surface area (Å²) in [6, 6.07) is 12.8. The van der Waals surface area contributed by atoms with E-state index in [1.807, 2.05) is 30.3 Å². The molecule has 0 aliphatic carbocycles. The van der Waals surface area contributed by atoms with Crippen LogP contribution in [0.1, 0.15) is 22.7 Å². The van der Waals surface area contributed by atoms with Gasteiger partial charge in [-0.3, -0.25) is 0 Å². The van der Waals surface area contributed by atoms with E-state index in [4.69, 9.17) is 0 Å². The predicted octanol–water partition coefficient (Wildman–Crippen LogP) is 2.33. The van der Waals surface area contributed by atoms with E-state index in [1.54, 1.807) is 12.1 Å². The smallest absolute Gasteiger partial charge is 0.120 e. The van der Waals surface area contributed by atoms with E-state index >= 15 is 0 Å². The van der Waals surface area contributed by atoms with Crippen LogP contribution in [0.4, 0.5) is 0 Å². The number of hydrogen-bond acceptors (Lipinski definition) is 3. The van der Waals surface area contributed by atoms with Gasteiger partial charge in [0.05, 0.1) is 6.04 Å². The molecule has 0 amide bonds. The molecule has 3 nitrogen and oxygen atoms in total. The second-order valence-corrected chi connectivity index (χ2v) is 4.58. The molecule has 0 bridgehead atoms. The molecule has 2 aromatic rings. The average Bonchev–Trinajstić information content (AvgIpc) is 2.38. The molecule has 1 unspecified atom stereocenters. The topological polar surface area (TPSA) is 52.5 Å². The lowest BCUT2D eigenvalue weighted by Gasteiger charge is -2.27. The lowest BCUT2D eigenvalue weighted by molar-refractivity contribution is 0.452. The summed E-state index contributed by atoms with van der Waals surface area (Å²) in [4.78, 5) is 0. The van der Waals surface area contributed by atoms with Crippen molar-refractivity contribution >= 4 is 0 Å². The first-order chi connectivity index (χ1) is 8.75. The number of aromatic hydroxyl groups is 2. The number of nitrogens with one attached hydrogen (secondary N) is 1. The van der Waals surface area contributed by atoms with Crippen molar-refractivity contribution in [2.75, 3.05) is 6.54 Å². The number of para-hydroxylation sites is 1. The first kappa shape index (κ1) is 11.1. The van der Waals surface area contributed by atoms with Crippen LogP contribution in [0.2, 0.25) is 0 Å². The highest BCUT2D eigenvalue weighted by Crippen LogP contribution is 2.34. The van der Waals surface area contributed by atoms with Gasteiger partial charge in [0.25, 0.3) is 0 Å². The molecule has 92 valence electrons. The van der Waals surface area contributed by atoms with Gasteiger partial charge in [-0.1, -0.05) is 24.3 Å². The Labute approximate surface area is 106 Å². The highest BCUT2D eigenvalue weighted by molar-refractivity contribution is 5.46. The Morgan fingerprint density at radius 3 is 2.67 bits per heavy atom. The molecule has 2 aromatic carbocycles.